The van der Waals surface area contributed by atoms with Gasteiger partial charge in [0.25, 0.3) is 11.7 Å². The minimum Gasteiger partial charge on any atom is -0.299 e. The number of benzene rings is 1. The van der Waals surface area contributed by atoms with Gasteiger partial charge in [-0.15, -0.1) is 0 Å². The summed E-state index contributed by atoms with van der Waals surface area (Å²) in [5.41, 5.74) is 3.37. The molecule has 2 aliphatic rings. The third kappa shape index (κ3) is 1.25. The third-order valence-electron chi connectivity index (χ3n) is 4.09. The highest BCUT2D eigenvalue weighted by Crippen LogP contribution is 2.48. The van der Waals surface area contributed by atoms with E-state index in [4.69, 9.17) is 0 Å². The van der Waals surface area contributed by atoms with Crippen LogP contribution in [-0.4, -0.2) is 17.2 Å². The Balaban J connectivity index is 2.36. The van der Waals surface area contributed by atoms with Crippen molar-refractivity contribution in [2.24, 2.45) is 0 Å². The highest BCUT2D eigenvalue weighted by Gasteiger charge is 2.48. The largest absolute Gasteiger partial charge is 0.299 e. The monoisotopic (exact) mass is 243 g/mol. The molecule has 0 bridgehead atoms. The first-order valence-corrected chi connectivity index (χ1v) is 6.36. The van der Waals surface area contributed by atoms with Crippen molar-refractivity contribution in [2.45, 2.75) is 45.6 Å². The van der Waals surface area contributed by atoms with E-state index in [-0.39, 0.29) is 17.2 Å². The SMILES string of the molecule is Cc1cc2c3c(c1)[C@@H](C)CC(C)(C)N3C(=O)C2=O. The molecule has 0 N–H and O–H groups in total. The summed E-state index contributed by atoms with van der Waals surface area (Å²) in [6.07, 6.45) is 0.891. The van der Waals surface area contributed by atoms with E-state index in [1.165, 1.54) is 0 Å². The molecule has 2 heterocycles. The molecule has 18 heavy (non-hydrogen) atoms. The lowest BCUT2D eigenvalue weighted by molar-refractivity contribution is -0.115. The molecular weight excluding hydrogens is 226 g/mol. The zero-order valence-corrected chi connectivity index (χ0v) is 11.2. The molecule has 0 saturated heterocycles. The minimum absolute atomic E-state index is 0.278. The maximum Gasteiger partial charge on any atom is 0.299 e. The van der Waals surface area contributed by atoms with E-state index in [2.05, 4.69) is 13.0 Å². The maximum absolute atomic E-state index is 12.2. The van der Waals surface area contributed by atoms with E-state index < -0.39 is 0 Å². The van der Waals surface area contributed by atoms with E-state index in [0.29, 0.717) is 11.5 Å². The van der Waals surface area contributed by atoms with Crippen molar-refractivity contribution in [3.63, 3.8) is 0 Å². The number of hydrogen-bond acceptors (Lipinski definition) is 2. The summed E-state index contributed by atoms with van der Waals surface area (Å²) in [6, 6.07) is 3.95. The van der Waals surface area contributed by atoms with Gasteiger partial charge in [-0.2, -0.15) is 0 Å². The predicted octanol–water partition coefficient (Wildman–Crippen LogP) is 2.81. The van der Waals surface area contributed by atoms with Gasteiger partial charge in [0.15, 0.2) is 0 Å². The Bertz CT molecular complexity index is 586. The van der Waals surface area contributed by atoms with Gasteiger partial charge < -0.3 is 0 Å². The Kier molecular flexibility index (Phi) is 2.05. The fraction of sp³-hybridized carbons (Fsp3) is 0.467. The van der Waals surface area contributed by atoms with Gasteiger partial charge in [-0.05, 0) is 50.3 Å². The fourth-order valence-electron chi connectivity index (χ4n) is 3.45. The lowest BCUT2D eigenvalue weighted by Crippen LogP contribution is -2.50. The second-order valence-electron chi connectivity index (χ2n) is 6.14. The number of ketones is 1. The minimum atomic E-state index is -0.367. The molecule has 2 aliphatic heterocycles. The molecule has 0 aliphatic carbocycles. The summed E-state index contributed by atoms with van der Waals surface area (Å²) in [5, 5.41) is 0. The molecule has 1 aromatic carbocycles. The maximum atomic E-state index is 12.2. The molecule has 0 aromatic heterocycles. The third-order valence-corrected chi connectivity index (χ3v) is 4.09. The average molecular weight is 243 g/mol. The number of nitrogens with zero attached hydrogens (tertiary/aromatic N) is 1. The Hall–Kier alpha value is -1.64. The molecule has 1 amide bonds. The van der Waals surface area contributed by atoms with Crippen LogP contribution in [0.2, 0.25) is 0 Å². The van der Waals surface area contributed by atoms with Gasteiger partial charge in [0.2, 0.25) is 0 Å². The smallest absolute Gasteiger partial charge is 0.299 e. The zero-order chi connectivity index (χ0) is 13.2. The number of rotatable bonds is 0. The van der Waals surface area contributed by atoms with Crippen molar-refractivity contribution in [2.75, 3.05) is 4.90 Å². The van der Waals surface area contributed by atoms with E-state index in [9.17, 15) is 9.59 Å². The molecule has 3 rings (SSSR count). The Morgan fingerprint density at radius 3 is 2.61 bits per heavy atom. The quantitative estimate of drug-likeness (QED) is 0.657. The second-order valence-corrected chi connectivity index (χ2v) is 6.14. The van der Waals surface area contributed by atoms with Crippen LogP contribution in [0.4, 0.5) is 5.69 Å². The molecule has 0 radical (unpaired) electrons. The van der Waals surface area contributed by atoms with E-state index in [0.717, 1.165) is 23.2 Å². The van der Waals surface area contributed by atoms with Crippen LogP contribution in [0.1, 0.15) is 54.6 Å². The average Bonchev–Trinajstić information content (AvgIpc) is 2.50. The van der Waals surface area contributed by atoms with Crippen LogP contribution < -0.4 is 4.90 Å². The van der Waals surface area contributed by atoms with Gasteiger partial charge in [0.1, 0.15) is 0 Å². The van der Waals surface area contributed by atoms with Gasteiger partial charge in [-0.1, -0.05) is 13.0 Å². The number of amides is 1. The van der Waals surface area contributed by atoms with Crippen LogP contribution in [0, 0.1) is 6.92 Å². The Morgan fingerprint density at radius 1 is 1.28 bits per heavy atom. The highest BCUT2D eigenvalue weighted by molar-refractivity contribution is 6.52. The van der Waals surface area contributed by atoms with Gasteiger partial charge in [0.05, 0.1) is 11.3 Å². The van der Waals surface area contributed by atoms with Crippen molar-refractivity contribution in [3.8, 4) is 0 Å². The standard InChI is InChI=1S/C15H17NO2/c1-8-5-10-9(2)7-15(3,4)16-12(10)11(6-8)13(17)14(16)18/h5-6,9H,7H2,1-4H3/t9-/m0/s1. The number of carbonyl (C=O) groups is 2. The first-order valence-electron chi connectivity index (χ1n) is 6.36. The first kappa shape index (κ1) is 11.5. The van der Waals surface area contributed by atoms with Crippen molar-refractivity contribution in [3.05, 3.63) is 28.8 Å². The molecule has 0 fully saturated rings. The summed E-state index contributed by atoms with van der Waals surface area (Å²) in [5.74, 6) is -0.338. The molecule has 0 unspecified atom stereocenters. The van der Waals surface area contributed by atoms with E-state index in [1.54, 1.807) is 4.90 Å². The predicted molar refractivity (Wildman–Crippen MR) is 70.1 cm³/mol. The van der Waals surface area contributed by atoms with Gasteiger partial charge >= 0.3 is 0 Å². The Labute approximate surface area is 107 Å². The summed E-state index contributed by atoms with van der Waals surface area (Å²) < 4.78 is 0. The first-order chi connectivity index (χ1) is 8.33. The van der Waals surface area contributed by atoms with Gasteiger partial charge in [0, 0.05) is 5.54 Å². The molecule has 0 saturated carbocycles. The molecule has 3 heteroatoms. The molecule has 94 valence electrons. The number of carbonyl (C=O) groups excluding carboxylic acids is 2. The van der Waals surface area contributed by atoms with E-state index >= 15 is 0 Å². The number of Topliss-reactive ketones (excluding diaryl/α,β-unsaturated/α-hetero) is 1. The molecule has 0 spiro atoms. The summed E-state index contributed by atoms with van der Waals surface area (Å²) in [7, 11) is 0. The summed E-state index contributed by atoms with van der Waals surface area (Å²) >= 11 is 0. The van der Waals surface area contributed by atoms with Gasteiger partial charge in [-0.3, -0.25) is 14.5 Å². The topological polar surface area (TPSA) is 37.4 Å². The van der Waals surface area contributed by atoms with Crippen LogP contribution in [0.3, 0.4) is 0 Å². The van der Waals surface area contributed by atoms with Crippen LogP contribution in [-0.2, 0) is 4.79 Å². The van der Waals surface area contributed by atoms with Crippen molar-refractivity contribution in [1.82, 2.24) is 0 Å². The van der Waals surface area contributed by atoms with Crippen LogP contribution in [0.15, 0.2) is 12.1 Å². The molecule has 1 aromatic rings. The lowest BCUT2D eigenvalue weighted by Gasteiger charge is -2.43. The molecule has 3 nitrogen and oxygen atoms in total. The lowest BCUT2D eigenvalue weighted by atomic mass is 9.80. The van der Waals surface area contributed by atoms with Crippen molar-refractivity contribution >= 4 is 17.4 Å². The van der Waals surface area contributed by atoms with Crippen LogP contribution in [0.5, 0.6) is 0 Å². The normalized spacial score (nSPS) is 24.4. The number of hydrogen-bond donors (Lipinski definition) is 0. The second kappa shape index (κ2) is 3.22. The molecule has 1 atom stereocenters. The zero-order valence-electron chi connectivity index (χ0n) is 11.2. The van der Waals surface area contributed by atoms with Crippen LogP contribution in [0.25, 0.3) is 0 Å². The van der Waals surface area contributed by atoms with E-state index in [1.807, 2.05) is 26.8 Å². The molecular formula is C15H17NO2. The Morgan fingerprint density at radius 2 is 1.94 bits per heavy atom. The van der Waals surface area contributed by atoms with Crippen molar-refractivity contribution in [1.29, 1.82) is 0 Å². The fourth-order valence-corrected chi connectivity index (χ4v) is 3.45. The summed E-state index contributed by atoms with van der Waals surface area (Å²) in [4.78, 5) is 26.0. The number of anilines is 1. The highest BCUT2D eigenvalue weighted by atomic mass is 16.2. The summed E-state index contributed by atoms with van der Waals surface area (Å²) in [6.45, 7) is 8.21. The van der Waals surface area contributed by atoms with Crippen molar-refractivity contribution < 1.29 is 9.59 Å². The van der Waals surface area contributed by atoms with Crippen LogP contribution >= 0.6 is 0 Å². The number of aryl methyl sites for hydroxylation is 1. The van der Waals surface area contributed by atoms with Gasteiger partial charge in [-0.25, -0.2) is 0 Å².